The highest BCUT2D eigenvalue weighted by molar-refractivity contribution is 5.77. The number of ether oxygens (including phenoxy) is 1. The number of primary amides is 1. The molecule has 1 amide bonds. The lowest BCUT2D eigenvalue weighted by Gasteiger charge is -2.32. The summed E-state index contributed by atoms with van der Waals surface area (Å²) in [5.41, 5.74) is 5.31. The van der Waals surface area contributed by atoms with Crippen molar-refractivity contribution in [1.29, 1.82) is 0 Å². The number of carbonyl (C=O) groups is 1. The lowest BCUT2D eigenvalue weighted by molar-refractivity contribution is -0.122. The number of hydrogen-bond acceptors (Lipinski definition) is 4. The van der Waals surface area contributed by atoms with E-state index in [-0.39, 0.29) is 11.8 Å². The van der Waals surface area contributed by atoms with Gasteiger partial charge in [0.2, 0.25) is 5.91 Å². The Labute approximate surface area is 101 Å². The van der Waals surface area contributed by atoms with Gasteiger partial charge >= 0.3 is 0 Å². The molecule has 1 aromatic rings. The van der Waals surface area contributed by atoms with Crippen molar-refractivity contribution in [1.82, 2.24) is 4.98 Å². The molecular weight excluding hydrogens is 218 g/mol. The largest absolute Gasteiger partial charge is 0.493 e. The molecule has 2 heterocycles. The van der Waals surface area contributed by atoms with Gasteiger partial charge in [-0.25, -0.2) is 4.98 Å². The van der Waals surface area contributed by atoms with E-state index < -0.39 is 0 Å². The van der Waals surface area contributed by atoms with E-state index in [9.17, 15) is 4.79 Å². The van der Waals surface area contributed by atoms with Crippen LogP contribution in [0.4, 0.5) is 5.82 Å². The summed E-state index contributed by atoms with van der Waals surface area (Å²) in [6.45, 7) is 1.59. The molecule has 92 valence electrons. The monoisotopic (exact) mass is 235 g/mol. The van der Waals surface area contributed by atoms with Crippen molar-refractivity contribution in [3.05, 3.63) is 18.3 Å². The molecule has 0 radical (unpaired) electrons. The average molecular weight is 235 g/mol. The molecule has 0 bridgehead atoms. The van der Waals surface area contributed by atoms with Crippen molar-refractivity contribution in [2.24, 2.45) is 11.7 Å². The zero-order valence-corrected chi connectivity index (χ0v) is 9.93. The maximum Gasteiger partial charge on any atom is 0.220 e. The summed E-state index contributed by atoms with van der Waals surface area (Å²) in [6.07, 6.45) is 3.32. The number of methoxy groups -OCH3 is 1. The summed E-state index contributed by atoms with van der Waals surface area (Å²) in [6, 6.07) is 3.74. The molecule has 2 rings (SSSR count). The van der Waals surface area contributed by atoms with Crippen LogP contribution in [0.5, 0.6) is 5.75 Å². The van der Waals surface area contributed by atoms with Gasteiger partial charge in [-0.3, -0.25) is 4.79 Å². The Kier molecular flexibility index (Phi) is 3.46. The Morgan fingerprint density at radius 1 is 1.53 bits per heavy atom. The number of rotatable bonds is 3. The Bertz CT molecular complexity index is 400. The summed E-state index contributed by atoms with van der Waals surface area (Å²) in [5.74, 6) is 1.42. The molecule has 0 unspecified atom stereocenters. The van der Waals surface area contributed by atoms with Crippen LogP contribution in [-0.4, -0.2) is 31.1 Å². The van der Waals surface area contributed by atoms with E-state index in [0.29, 0.717) is 0 Å². The average Bonchev–Trinajstić information content (AvgIpc) is 2.39. The van der Waals surface area contributed by atoms with Crippen molar-refractivity contribution in [3.63, 3.8) is 0 Å². The normalized spacial score (nSPS) is 16.9. The van der Waals surface area contributed by atoms with E-state index in [1.165, 1.54) is 0 Å². The first-order chi connectivity index (χ1) is 8.22. The van der Waals surface area contributed by atoms with Gasteiger partial charge in [0.25, 0.3) is 0 Å². The second-order valence-corrected chi connectivity index (χ2v) is 4.19. The summed E-state index contributed by atoms with van der Waals surface area (Å²) in [7, 11) is 1.64. The molecule has 17 heavy (non-hydrogen) atoms. The summed E-state index contributed by atoms with van der Waals surface area (Å²) >= 11 is 0. The minimum atomic E-state index is -0.197. The molecule has 0 aromatic carbocycles. The van der Waals surface area contributed by atoms with Gasteiger partial charge in [0, 0.05) is 25.2 Å². The minimum absolute atomic E-state index is 0.000886. The van der Waals surface area contributed by atoms with Crippen molar-refractivity contribution in [3.8, 4) is 5.75 Å². The standard InChI is InChI=1S/C12H17N3O2/c1-17-10-3-2-6-14-12(10)15-7-4-9(5-8-15)11(13)16/h2-3,6,9H,4-5,7-8H2,1H3,(H2,13,16). The van der Waals surface area contributed by atoms with Gasteiger partial charge in [0.1, 0.15) is 0 Å². The van der Waals surface area contributed by atoms with Crippen LogP contribution in [0, 0.1) is 5.92 Å². The molecule has 1 aliphatic rings. The Morgan fingerprint density at radius 2 is 2.24 bits per heavy atom. The summed E-state index contributed by atoms with van der Waals surface area (Å²) < 4.78 is 5.28. The van der Waals surface area contributed by atoms with Crippen LogP contribution in [0.1, 0.15) is 12.8 Å². The third-order valence-corrected chi connectivity index (χ3v) is 3.17. The van der Waals surface area contributed by atoms with Crippen molar-refractivity contribution in [2.75, 3.05) is 25.1 Å². The van der Waals surface area contributed by atoms with Crippen LogP contribution in [-0.2, 0) is 4.79 Å². The molecular formula is C12H17N3O2. The highest BCUT2D eigenvalue weighted by atomic mass is 16.5. The molecule has 1 saturated heterocycles. The van der Waals surface area contributed by atoms with Gasteiger partial charge < -0.3 is 15.4 Å². The lowest BCUT2D eigenvalue weighted by Crippen LogP contribution is -2.39. The molecule has 0 saturated carbocycles. The van der Waals surface area contributed by atoms with Gasteiger partial charge in [0.05, 0.1) is 7.11 Å². The quantitative estimate of drug-likeness (QED) is 0.841. The zero-order valence-electron chi connectivity index (χ0n) is 9.93. The van der Waals surface area contributed by atoms with Gasteiger partial charge in [-0.05, 0) is 25.0 Å². The van der Waals surface area contributed by atoms with Crippen LogP contribution in [0.2, 0.25) is 0 Å². The van der Waals surface area contributed by atoms with Crippen molar-refractivity contribution < 1.29 is 9.53 Å². The van der Waals surface area contributed by atoms with Gasteiger partial charge in [-0.2, -0.15) is 0 Å². The van der Waals surface area contributed by atoms with E-state index in [1.54, 1.807) is 13.3 Å². The maximum absolute atomic E-state index is 11.1. The predicted octanol–water partition coefficient (Wildman–Crippen LogP) is 0.792. The van der Waals surface area contributed by atoms with E-state index in [2.05, 4.69) is 9.88 Å². The number of carbonyl (C=O) groups excluding carboxylic acids is 1. The second-order valence-electron chi connectivity index (χ2n) is 4.19. The molecule has 5 heteroatoms. The molecule has 1 aromatic heterocycles. The first-order valence-corrected chi connectivity index (χ1v) is 5.75. The molecule has 1 fully saturated rings. The molecule has 0 atom stereocenters. The zero-order chi connectivity index (χ0) is 12.3. The lowest BCUT2D eigenvalue weighted by atomic mass is 9.96. The number of piperidine rings is 1. The van der Waals surface area contributed by atoms with Crippen LogP contribution in [0.25, 0.3) is 0 Å². The number of amides is 1. The van der Waals surface area contributed by atoms with Gasteiger partial charge in [-0.15, -0.1) is 0 Å². The number of nitrogens with zero attached hydrogens (tertiary/aromatic N) is 2. The van der Waals surface area contributed by atoms with Gasteiger partial charge in [-0.1, -0.05) is 0 Å². The summed E-state index contributed by atoms with van der Waals surface area (Å²) in [4.78, 5) is 17.5. The highest BCUT2D eigenvalue weighted by Crippen LogP contribution is 2.28. The Balaban J connectivity index is 2.07. The fourth-order valence-electron chi connectivity index (χ4n) is 2.15. The van der Waals surface area contributed by atoms with Crippen LogP contribution in [0.15, 0.2) is 18.3 Å². The number of pyridine rings is 1. The number of anilines is 1. The van der Waals surface area contributed by atoms with E-state index >= 15 is 0 Å². The third-order valence-electron chi connectivity index (χ3n) is 3.17. The number of hydrogen-bond donors (Lipinski definition) is 1. The second kappa shape index (κ2) is 5.03. The molecule has 0 aliphatic carbocycles. The van der Waals surface area contributed by atoms with Gasteiger partial charge in [0.15, 0.2) is 11.6 Å². The first-order valence-electron chi connectivity index (χ1n) is 5.75. The van der Waals surface area contributed by atoms with E-state index in [0.717, 1.165) is 37.5 Å². The van der Waals surface area contributed by atoms with E-state index in [1.807, 2.05) is 12.1 Å². The highest BCUT2D eigenvalue weighted by Gasteiger charge is 2.25. The molecule has 0 spiro atoms. The topological polar surface area (TPSA) is 68.4 Å². The SMILES string of the molecule is COc1cccnc1N1CCC(C(N)=O)CC1. The molecule has 2 N–H and O–H groups in total. The van der Waals surface area contributed by atoms with Crippen LogP contribution in [0.3, 0.4) is 0 Å². The number of aromatic nitrogens is 1. The van der Waals surface area contributed by atoms with Crippen LogP contribution >= 0.6 is 0 Å². The Morgan fingerprint density at radius 3 is 2.82 bits per heavy atom. The van der Waals surface area contributed by atoms with E-state index in [4.69, 9.17) is 10.5 Å². The minimum Gasteiger partial charge on any atom is -0.493 e. The van der Waals surface area contributed by atoms with Crippen molar-refractivity contribution >= 4 is 11.7 Å². The fraction of sp³-hybridized carbons (Fsp3) is 0.500. The Hall–Kier alpha value is -1.78. The predicted molar refractivity (Wildman–Crippen MR) is 64.9 cm³/mol. The third kappa shape index (κ3) is 2.49. The fourth-order valence-corrected chi connectivity index (χ4v) is 2.15. The smallest absolute Gasteiger partial charge is 0.220 e. The maximum atomic E-state index is 11.1. The number of nitrogens with two attached hydrogens (primary N) is 1. The first kappa shape index (κ1) is 11.7. The van der Waals surface area contributed by atoms with Crippen LogP contribution < -0.4 is 15.4 Å². The molecule has 5 nitrogen and oxygen atoms in total. The summed E-state index contributed by atoms with van der Waals surface area (Å²) in [5, 5.41) is 0. The molecule has 1 aliphatic heterocycles. The van der Waals surface area contributed by atoms with Crippen molar-refractivity contribution in [2.45, 2.75) is 12.8 Å².